The van der Waals surface area contributed by atoms with Gasteiger partial charge in [-0.05, 0) is 12.5 Å². The largest absolute Gasteiger partial charge is 0.523 e. The van der Waals surface area contributed by atoms with E-state index in [1.165, 1.54) is 0 Å². The minimum absolute atomic E-state index is 0.00894. The predicted octanol–water partition coefficient (Wildman–Crippen LogP) is 3.19. The van der Waals surface area contributed by atoms with E-state index in [1.807, 2.05) is 30.3 Å². The number of benzene rings is 1. The van der Waals surface area contributed by atoms with Gasteiger partial charge in [-0.3, -0.25) is 4.18 Å². The second-order valence-electron chi connectivity index (χ2n) is 7.32. The molecule has 0 spiro atoms. The molecule has 0 radical (unpaired) electrons. The molecule has 2 bridgehead atoms. The number of hydrogen-bond donors (Lipinski definition) is 0. The van der Waals surface area contributed by atoms with Crippen molar-refractivity contribution in [3.05, 3.63) is 35.9 Å². The van der Waals surface area contributed by atoms with Crippen LogP contribution in [0, 0.1) is 0 Å². The van der Waals surface area contributed by atoms with Crippen molar-refractivity contribution in [2.75, 3.05) is 25.6 Å². The molecule has 3 saturated heterocycles. The van der Waals surface area contributed by atoms with E-state index in [0.29, 0.717) is 24.3 Å². The summed E-state index contributed by atoms with van der Waals surface area (Å²) >= 11 is 6.20. The molecule has 3 aliphatic heterocycles. The molecular formula is C17H23ClF3N2O4S+. The van der Waals surface area contributed by atoms with Crippen LogP contribution in [0.3, 0.4) is 0 Å². The molecule has 0 N–H and O–H groups in total. The zero-order valence-electron chi connectivity index (χ0n) is 15.4. The summed E-state index contributed by atoms with van der Waals surface area (Å²) in [7, 11) is -5.68. The van der Waals surface area contributed by atoms with Gasteiger partial charge < -0.3 is 4.74 Å². The van der Waals surface area contributed by atoms with Crippen molar-refractivity contribution in [2.24, 2.45) is 0 Å². The molecule has 1 aromatic carbocycles. The topological polar surface area (TPSA) is 55.8 Å². The summed E-state index contributed by atoms with van der Waals surface area (Å²) in [5.41, 5.74) is -5.92. The van der Waals surface area contributed by atoms with Gasteiger partial charge >= 0.3 is 15.6 Å². The zero-order chi connectivity index (χ0) is 20.6. The first-order chi connectivity index (χ1) is 13.0. The summed E-state index contributed by atoms with van der Waals surface area (Å²) < 4.78 is 72.7. The lowest BCUT2D eigenvalue weighted by Crippen LogP contribution is -2.76. The number of fused-ring (bicyclic) bond motifs is 3. The number of quaternary nitrogens is 1. The first kappa shape index (κ1) is 21.8. The van der Waals surface area contributed by atoms with Gasteiger partial charge in [0.1, 0.15) is 18.7 Å². The molecule has 6 nitrogen and oxygen atoms in total. The van der Waals surface area contributed by atoms with Crippen molar-refractivity contribution < 1.29 is 35.1 Å². The quantitative estimate of drug-likeness (QED) is 0.213. The molecule has 0 amide bonds. The highest BCUT2D eigenvalue weighted by atomic mass is 35.5. The van der Waals surface area contributed by atoms with Crippen LogP contribution < -0.4 is 0 Å². The van der Waals surface area contributed by atoms with E-state index in [2.05, 4.69) is 0 Å². The number of nitrogens with zero attached hydrogens (tertiary/aromatic N) is 2. The Labute approximate surface area is 167 Å². The van der Waals surface area contributed by atoms with Crippen LogP contribution in [0.1, 0.15) is 25.3 Å². The maximum Gasteiger partial charge on any atom is 0.523 e. The molecular weight excluding hydrogens is 421 g/mol. The lowest BCUT2D eigenvalue weighted by Gasteiger charge is -2.59. The Balaban J connectivity index is 1.76. The van der Waals surface area contributed by atoms with Crippen molar-refractivity contribution >= 4 is 21.7 Å². The summed E-state index contributed by atoms with van der Waals surface area (Å²) in [6.45, 7) is 2.86. The van der Waals surface area contributed by atoms with Crippen LogP contribution in [0.2, 0.25) is 0 Å². The Bertz CT molecular complexity index is 783. The van der Waals surface area contributed by atoms with Crippen LogP contribution >= 0.6 is 11.6 Å². The minimum atomic E-state index is -5.68. The van der Waals surface area contributed by atoms with E-state index in [4.69, 9.17) is 20.5 Å². The lowest BCUT2D eigenvalue weighted by atomic mass is 9.87. The van der Waals surface area contributed by atoms with Gasteiger partial charge in [0.15, 0.2) is 12.2 Å². The summed E-state index contributed by atoms with van der Waals surface area (Å²) in [5.74, 6) is 0. The zero-order valence-corrected chi connectivity index (χ0v) is 16.9. The maximum absolute atomic E-state index is 12.8. The van der Waals surface area contributed by atoms with Gasteiger partial charge in [0, 0.05) is 12.8 Å². The fourth-order valence-electron chi connectivity index (χ4n) is 3.85. The second-order valence-corrected chi connectivity index (χ2v) is 9.10. The highest BCUT2D eigenvalue weighted by Crippen LogP contribution is 2.43. The van der Waals surface area contributed by atoms with Gasteiger partial charge in [-0.15, -0.1) is 5.01 Å². The third-order valence-electron chi connectivity index (χ3n) is 5.51. The number of halogens is 4. The number of piperidine rings is 1. The van der Waals surface area contributed by atoms with Crippen molar-refractivity contribution in [3.63, 3.8) is 0 Å². The molecule has 4 rings (SSSR count). The third-order valence-corrected chi connectivity index (χ3v) is 7.09. The standard InChI is InChI=1S/C17H23ClF3N2O4S/c1-14(26-11-15-5-3-2-4-6-15)22-12-16(27-28(24,25)17(19,20)21)7-9-23(22,13-18)10-8-16/h2-6,14H,7-13H2,1H3/q+1/t14-,16?,23?/m1/s1. The normalized spacial score (nSPS) is 29.8. The molecule has 3 aliphatic rings. The van der Waals surface area contributed by atoms with E-state index in [1.54, 1.807) is 11.9 Å². The molecule has 0 aromatic heterocycles. The Morgan fingerprint density at radius 1 is 1.25 bits per heavy atom. The van der Waals surface area contributed by atoms with Gasteiger partial charge in [-0.25, -0.2) is 4.59 Å². The number of hydrogen-bond acceptors (Lipinski definition) is 5. The van der Waals surface area contributed by atoms with Crippen molar-refractivity contribution in [3.8, 4) is 0 Å². The molecule has 28 heavy (non-hydrogen) atoms. The summed E-state index contributed by atoms with van der Waals surface area (Å²) in [4.78, 5) is 0. The van der Waals surface area contributed by atoms with Gasteiger partial charge in [-0.2, -0.15) is 21.6 Å². The smallest absolute Gasteiger partial charge is 0.354 e. The molecule has 0 saturated carbocycles. The van der Waals surface area contributed by atoms with Crippen LogP contribution in [-0.2, 0) is 25.6 Å². The van der Waals surface area contributed by atoms with E-state index in [-0.39, 0.29) is 25.4 Å². The average Bonchev–Trinajstić information content (AvgIpc) is 2.66. The summed E-state index contributed by atoms with van der Waals surface area (Å²) in [6.07, 6.45) is -0.135. The van der Waals surface area contributed by atoms with Crippen LogP contribution in [0.4, 0.5) is 13.2 Å². The highest BCUT2D eigenvalue weighted by Gasteiger charge is 2.61. The first-order valence-electron chi connectivity index (χ1n) is 8.89. The van der Waals surface area contributed by atoms with Crippen molar-refractivity contribution in [1.82, 2.24) is 5.01 Å². The summed E-state index contributed by atoms with van der Waals surface area (Å²) in [6, 6.07) is 9.68. The van der Waals surface area contributed by atoms with E-state index >= 15 is 0 Å². The molecule has 1 aromatic rings. The molecule has 1 atom stereocenters. The monoisotopic (exact) mass is 443 g/mol. The predicted molar refractivity (Wildman–Crippen MR) is 96.1 cm³/mol. The van der Waals surface area contributed by atoms with Crippen molar-refractivity contribution in [1.29, 1.82) is 0 Å². The molecule has 0 unspecified atom stereocenters. The van der Waals surface area contributed by atoms with E-state index in [0.717, 1.165) is 5.56 Å². The van der Waals surface area contributed by atoms with Crippen LogP contribution in [0.5, 0.6) is 0 Å². The minimum Gasteiger partial charge on any atom is -0.354 e. The Kier molecular flexibility index (Phi) is 6.02. The Morgan fingerprint density at radius 2 is 1.86 bits per heavy atom. The average molecular weight is 444 g/mol. The fraction of sp³-hybridized carbons (Fsp3) is 0.647. The highest BCUT2D eigenvalue weighted by molar-refractivity contribution is 7.87. The van der Waals surface area contributed by atoms with Crippen LogP contribution in [0.15, 0.2) is 30.3 Å². The van der Waals surface area contributed by atoms with Gasteiger partial charge in [-0.1, -0.05) is 41.9 Å². The second kappa shape index (κ2) is 7.73. The van der Waals surface area contributed by atoms with Crippen LogP contribution in [-0.4, -0.2) is 61.0 Å². The van der Waals surface area contributed by atoms with Gasteiger partial charge in [0.05, 0.1) is 13.2 Å². The lowest BCUT2D eigenvalue weighted by molar-refractivity contribution is -1.05. The Morgan fingerprint density at radius 3 is 2.39 bits per heavy atom. The number of rotatable bonds is 7. The van der Waals surface area contributed by atoms with Crippen LogP contribution in [0.25, 0.3) is 0 Å². The third kappa shape index (κ3) is 4.17. The van der Waals surface area contributed by atoms with E-state index < -0.39 is 27.5 Å². The Hall–Kier alpha value is -0.910. The number of ether oxygens (including phenoxy) is 1. The van der Waals surface area contributed by atoms with Gasteiger partial charge in [0.2, 0.25) is 0 Å². The molecule has 158 valence electrons. The summed E-state index contributed by atoms with van der Waals surface area (Å²) in [5, 5.41) is 1.80. The van der Waals surface area contributed by atoms with E-state index in [9.17, 15) is 21.6 Å². The molecule has 0 aliphatic carbocycles. The molecule has 11 heteroatoms. The fourth-order valence-corrected chi connectivity index (χ4v) is 5.00. The molecule has 3 fully saturated rings. The van der Waals surface area contributed by atoms with Crippen molar-refractivity contribution in [2.45, 2.75) is 43.7 Å². The first-order valence-corrected chi connectivity index (χ1v) is 10.8. The number of alkyl halides is 4. The molecule has 3 heterocycles. The maximum atomic E-state index is 12.8. The van der Waals surface area contributed by atoms with Gasteiger partial charge in [0.25, 0.3) is 0 Å². The SMILES string of the molecule is C[C@@H](OCc1ccccc1)N1CC2(OS(=O)(=O)C(F)(F)F)CC[N+]1(CCl)CC2.